The monoisotopic (exact) mass is 471 g/mol. The normalized spacial score (nSPS) is 11.5. The molecule has 170 valence electrons. The van der Waals surface area contributed by atoms with Gasteiger partial charge in [-0.2, -0.15) is 4.99 Å². The summed E-state index contributed by atoms with van der Waals surface area (Å²) >= 11 is 0. The fourth-order valence-electron chi connectivity index (χ4n) is 3.05. The summed E-state index contributed by atoms with van der Waals surface area (Å²) in [7, 11) is -4.20. The van der Waals surface area contributed by atoms with Gasteiger partial charge in [0.05, 0.1) is 0 Å². The summed E-state index contributed by atoms with van der Waals surface area (Å²) in [6, 6.07) is 35.1. The molecule has 0 aromatic heterocycles. The molecule has 0 N–H and O–H groups in total. The summed E-state index contributed by atoms with van der Waals surface area (Å²) in [5.41, 5.74) is 1.06. The first-order chi connectivity index (χ1) is 16.6. The summed E-state index contributed by atoms with van der Waals surface area (Å²) < 4.78 is 31.4. The highest BCUT2D eigenvalue weighted by Crippen LogP contribution is 2.52. The van der Waals surface area contributed by atoms with Crippen LogP contribution in [0.15, 0.2) is 126 Å². The number of carbonyl (C=O) groups is 1. The Hall–Kier alpha value is -4.15. The van der Waals surface area contributed by atoms with Gasteiger partial charge in [0.15, 0.2) is 5.45 Å². The van der Waals surface area contributed by atoms with Crippen LogP contribution in [0.25, 0.3) is 0 Å². The minimum atomic E-state index is -4.20. The summed E-state index contributed by atoms with van der Waals surface area (Å²) in [6.07, 6.45) is -0.906. The van der Waals surface area contributed by atoms with E-state index in [1.54, 1.807) is 78.9 Å². The van der Waals surface area contributed by atoms with Crippen LogP contribution >= 0.6 is 7.60 Å². The topological polar surface area (TPSA) is 74.2 Å². The molecule has 0 atom stereocenters. The van der Waals surface area contributed by atoms with Crippen molar-refractivity contribution < 1.29 is 23.1 Å². The van der Waals surface area contributed by atoms with Gasteiger partial charge in [0, 0.05) is 5.56 Å². The maximum Gasteiger partial charge on any atom is 0.482 e. The van der Waals surface area contributed by atoms with E-state index < -0.39 is 13.7 Å². The fraction of sp³-hybridized carbons (Fsp3) is 0.0370. The van der Waals surface area contributed by atoms with Crippen LogP contribution in [0.5, 0.6) is 11.5 Å². The van der Waals surface area contributed by atoms with Crippen LogP contribution in [-0.2, 0) is 15.9 Å². The predicted molar refractivity (Wildman–Crippen MR) is 131 cm³/mol. The molecule has 0 aliphatic heterocycles. The lowest BCUT2D eigenvalue weighted by Gasteiger charge is -2.21. The van der Waals surface area contributed by atoms with Crippen molar-refractivity contribution in [3.05, 3.63) is 132 Å². The van der Waals surface area contributed by atoms with E-state index in [1.165, 1.54) is 0 Å². The van der Waals surface area contributed by atoms with Crippen molar-refractivity contribution in [2.24, 2.45) is 4.99 Å². The zero-order chi connectivity index (χ0) is 23.6. The molecule has 0 fully saturated rings. The Labute approximate surface area is 198 Å². The van der Waals surface area contributed by atoms with E-state index in [0.29, 0.717) is 17.1 Å². The molecule has 34 heavy (non-hydrogen) atoms. The second-order valence-corrected chi connectivity index (χ2v) is 8.93. The highest BCUT2D eigenvalue weighted by atomic mass is 31.2. The van der Waals surface area contributed by atoms with E-state index in [1.807, 2.05) is 42.5 Å². The number of carbonyl (C=O) groups excluding carboxylic acids is 1. The van der Waals surface area contributed by atoms with Gasteiger partial charge in [-0.15, -0.1) is 0 Å². The average molecular weight is 471 g/mol. The van der Waals surface area contributed by atoms with Crippen molar-refractivity contribution in [3.8, 4) is 11.5 Å². The second-order valence-electron chi connectivity index (χ2n) is 7.15. The van der Waals surface area contributed by atoms with Gasteiger partial charge in [-0.1, -0.05) is 97.1 Å². The van der Waals surface area contributed by atoms with E-state index in [2.05, 4.69) is 4.99 Å². The molecule has 4 aromatic carbocycles. The van der Waals surface area contributed by atoms with E-state index in [9.17, 15) is 9.36 Å². The van der Waals surface area contributed by atoms with Crippen molar-refractivity contribution in [1.82, 2.24) is 0 Å². The summed E-state index contributed by atoms with van der Waals surface area (Å²) in [5, 5.41) is 0. The molecule has 0 aliphatic carbocycles. The second kappa shape index (κ2) is 11.1. The first-order valence-corrected chi connectivity index (χ1v) is 12.1. The lowest BCUT2D eigenvalue weighted by atomic mass is 10.2. The molecule has 0 heterocycles. The number of rotatable bonds is 8. The lowest BCUT2D eigenvalue weighted by Crippen LogP contribution is -2.15. The number of amides is 1. The van der Waals surface area contributed by atoms with Gasteiger partial charge in [-0.05, 0) is 29.8 Å². The third kappa shape index (κ3) is 6.21. The summed E-state index contributed by atoms with van der Waals surface area (Å²) in [4.78, 5) is 16.8. The third-order valence-electron chi connectivity index (χ3n) is 4.63. The van der Waals surface area contributed by atoms with Crippen molar-refractivity contribution >= 4 is 19.1 Å². The Balaban J connectivity index is 1.72. The fourth-order valence-corrected chi connectivity index (χ4v) is 4.73. The van der Waals surface area contributed by atoms with Crippen LogP contribution < -0.4 is 9.05 Å². The van der Waals surface area contributed by atoms with Gasteiger partial charge in [-0.3, -0.25) is 0 Å². The molecule has 0 spiro atoms. The first kappa shape index (κ1) is 23.0. The zero-order valence-corrected chi connectivity index (χ0v) is 19.1. The highest BCUT2D eigenvalue weighted by molar-refractivity contribution is 7.73. The largest absolute Gasteiger partial charge is 0.482 e. The molecule has 0 aliphatic rings. The molecule has 7 heteroatoms. The van der Waals surface area contributed by atoms with E-state index in [0.717, 1.165) is 5.56 Å². The molecule has 0 unspecified atom stereocenters. The number of benzene rings is 4. The van der Waals surface area contributed by atoms with Crippen molar-refractivity contribution in [2.45, 2.75) is 6.61 Å². The molecule has 4 aromatic rings. The summed E-state index contributed by atoms with van der Waals surface area (Å²) in [6.45, 7) is 0.0224. The van der Waals surface area contributed by atoms with E-state index >= 15 is 0 Å². The van der Waals surface area contributed by atoms with Crippen LogP contribution in [0.2, 0.25) is 0 Å². The van der Waals surface area contributed by atoms with Crippen LogP contribution in [0, 0.1) is 0 Å². The number of aliphatic imine (C=N–C) groups is 1. The average Bonchev–Trinajstić information content (AvgIpc) is 2.88. The molecule has 4 rings (SSSR count). The van der Waals surface area contributed by atoms with Crippen molar-refractivity contribution in [3.63, 3.8) is 0 Å². The molecular formula is C27H22NO5P. The smallest absolute Gasteiger partial charge is 0.443 e. The highest BCUT2D eigenvalue weighted by Gasteiger charge is 2.38. The number of hydrogen-bond acceptors (Lipinski definition) is 5. The third-order valence-corrected chi connectivity index (χ3v) is 6.41. The predicted octanol–water partition coefficient (Wildman–Crippen LogP) is 7.12. The van der Waals surface area contributed by atoms with Gasteiger partial charge in [0.2, 0.25) is 0 Å². The number of para-hydroxylation sites is 2. The van der Waals surface area contributed by atoms with Gasteiger partial charge >= 0.3 is 13.7 Å². The first-order valence-electron chi connectivity index (χ1n) is 10.6. The lowest BCUT2D eigenvalue weighted by molar-refractivity contribution is 0.151. The van der Waals surface area contributed by atoms with Crippen molar-refractivity contribution in [1.29, 1.82) is 0 Å². The van der Waals surface area contributed by atoms with Gasteiger partial charge < -0.3 is 13.8 Å². The number of ether oxygens (including phenoxy) is 1. The Bertz CT molecular complexity index is 1230. The van der Waals surface area contributed by atoms with Crippen molar-refractivity contribution in [2.75, 3.05) is 0 Å². The van der Waals surface area contributed by atoms with Crippen LogP contribution in [-0.4, -0.2) is 11.5 Å². The van der Waals surface area contributed by atoms with Crippen LogP contribution in [0.4, 0.5) is 4.79 Å². The Morgan fingerprint density at radius 2 is 1.09 bits per heavy atom. The molecule has 0 saturated heterocycles. The molecule has 0 radical (unpaired) electrons. The Morgan fingerprint density at radius 1 is 0.647 bits per heavy atom. The summed E-state index contributed by atoms with van der Waals surface area (Å²) in [5.74, 6) is 0.617. The molecule has 6 nitrogen and oxygen atoms in total. The maximum atomic E-state index is 14.3. The molecule has 0 saturated carbocycles. The zero-order valence-electron chi connectivity index (χ0n) is 18.2. The van der Waals surface area contributed by atoms with E-state index in [-0.39, 0.29) is 12.1 Å². The standard InChI is InChI=1S/C27H22NO5P/c29-27(31-21-22-13-5-1-6-14-22)28-26(23-15-7-2-8-16-23)34(30,32-24-17-9-3-10-18-24)33-25-19-11-4-12-20-25/h1-20H,21H2/b28-26+. The van der Waals surface area contributed by atoms with Gasteiger partial charge in [0.25, 0.3) is 0 Å². The van der Waals surface area contributed by atoms with E-state index in [4.69, 9.17) is 13.8 Å². The van der Waals surface area contributed by atoms with Gasteiger partial charge in [0.1, 0.15) is 18.1 Å². The SMILES string of the molecule is O=C(/N=C(\c1ccccc1)P(=O)(Oc1ccccc1)Oc1ccccc1)OCc1ccccc1. The van der Waals surface area contributed by atoms with Gasteiger partial charge in [-0.25, -0.2) is 9.36 Å². The number of nitrogens with zero attached hydrogens (tertiary/aromatic N) is 1. The Kier molecular flexibility index (Phi) is 7.53. The number of hydrogen-bond donors (Lipinski definition) is 0. The molecule has 0 bridgehead atoms. The van der Waals surface area contributed by atoms with Crippen LogP contribution in [0.1, 0.15) is 11.1 Å². The minimum absolute atomic E-state index is 0.0224. The Morgan fingerprint density at radius 3 is 1.59 bits per heavy atom. The molecule has 1 amide bonds. The maximum absolute atomic E-state index is 14.3. The van der Waals surface area contributed by atoms with Crippen LogP contribution in [0.3, 0.4) is 0 Å². The minimum Gasteiger partial charge on any atom is -0.443 e. The quantitative estimate of drug-likeness (QED) is 0.202. The molecular weight excluding hydrogens is 449 g/mol.